The van der Waals surface area contributed by atoms with E-state index in [2.05, 4.69) is 0 Å². The minimum atomic E-state index is -1.29. The van der Waals surface area contributed by atoms with Crippen LogP contribution in [0.4, 0.5) is 0 Å². The summed E-state index contributed by atoms with van der Waals surface area (Å²) in [6, 6.07) is 5.23. The lowest BCUT2D eigenvalue weighted by molar-refractivity contribution is -0.142. The maximum atomic E-state index is 10.9. The summed E-state index contributed by atoms with van der Waals surface area (Å²) >= 11 is 0. The Morgan fingerprint density at radius 1 is 1.32 bits per heavy atom. The molecule has 0 fully saturated rings. The van der Waals surface area contributed by atoms with Crippen LogP contribution in [0.1, 0.15) is 12.5 Å². The van der Waals surface area contributed by atoms with Crippen LogP contribution in [0.25, 0.3) is 0 Å². The Morgan fingerprint density at radius 3 is 2.26 bits per heavy atom. The molecule has 0 aromatic heterocycles. The fraction of sp³-hybridized carbons (Fsp3) is 0.417. The van der Waals surface area contributed by atoms with E-state index in [-0.39, 0.29) is 24.3 Å². The Kier molecular flexibility index (Phi) is 8.17. The zero-order chi connectivity index (χ0) is 13.1. The number of carboxylic acid groups (broad SMARTS) is 1. The van der Waals surface area contributed by atoms with Gasteiger partial charge in [0.15, 0.2) is 11.5 Å². The van der Waals surface area contributed by atoms with Gasteiger partial charge < -0.3 is 25.8 Å². The van der Waals surface area contributed by atoms with E-state index in [1.54, 1.807) is 25.3 Å². The SMILES string of the molecule is COc1ccc(CC(C)(N)C(=O)O)cc1OC.Cl.O. The molecular formula is C12H20ClNO5. The second kappa shape index (κ2) is 7.83. The quantitative estimate of drug-likeness (QED) is 0.827. The molecule has 6 nitrogen and oxygen atoms in total. The van der Waals surface area contributed by atoms with Crippen LogP contribution in [0.3, 0.4) is 0 Å². The van der Waals surface area contributed by atoms with Crippen molar-refractivity contribution < 1.29 is 24.9 Å². The van der Waals surface area contributed by atoms with Gasteiger partial charge in [0.2, 0.25) is 0 Å². The molecule has 0 bridgehead atoms. The predicted molar refractivity (Wildman–Crippen MR) is 74.3 cm³/mol. The molecule has 7 heteroatoms. The van der Waals surface area contributed by atoms with Crippen LogP contribution >= 0.6 is 12.4 Å². The third kappa shape index (κ3) is 4.94. The molecule has 19 heavy (non-hydrogen) atoms. The van der Waals surface area contributed by atoms with Crippen molar-refractivity contribution in [3.8, 4) is 11.5 Å². The third-order valence-electron chi connectivity index (χ3n) is 2.51. The fourth-order valence-corrected chi connectivity index (χ4v) is 1.49. The van der Waals surface area contributed by atoms with Crippen LogP contribution in [0, 0.1) is 0 Å². The van der Waals surface area contributed by atoms with E-state index in [0.29, 0.717) is 11.5 Å². The van der Waals surface area contributed by atoms with Gasteiger partial charge in [-0.15, -0.1) is 12.4 Å². The minimum Gasteiger partial charge on any atom is -0.493 e. The lowest BCUT2D eigenvalue weighted by atomic mass is 9.94. The molecule has 0 aliphatic rings. The predicted octanol–water partition coefficient (Wildman–Crippen LogP) is 0.645. The van der Waals surface area contributed by atoms with Crippen LogP contribution in [-0.2, 0) is 11.2 Å². The van der Waals surface area contributed by atoms with Gasteiger partial charge in [0.05, 0.1) is 14.2 Å². The molecule has 0 aliphatic heterocycles. The normalized spacial score (nSPS) is 12.4. The number of carboxylic acids is 1. The highest BCUT2D eigenvalue weighted by atomic mass is 35.5. The molecule has 1 atom stereocenters. The highest BCUT2D eigenvalue weighted by Gasteiger charge is 2.28. The standard InChI is InChI=1S/C12H17NO4.ClH.H2O/c1-12(13,11(14)15)7-8-4-5-9(16-2)10(6-8)17-3;;/h4-6H,7,13H2,1-3H3,(H,14,15);1H;1H2. The van der Waals surface area contributed by atoms with Gasteiger partial charge >= 0.3 is 5.97 Å². The molecule has 1 aromatic carbocycles. The molecule has 1 unspecified atom stereocenters. The first kappa shape index (κ1) is 19.8. The highest BCUT2D eigenvalue weighted by Crippen LogP contribution is 2.28. The highest BCUT2D eigenvalue weighted by molar-refractivity contribution is 5.85. The third-order valence-corrected chi connectivity index (χ3v) is 2.51. The van der Waals surface area contributed by atoms with Crippen LogP contribution in [0.5, 0.6) is 11.5 Å². The first-order chi connectivity index (χ1) is 7.90. The summed E-state index contributed by atoms with van der Waals surface area (Å²) < 4.78 is 10.2. The molecular weight excluding hydrogens is 274 g/mol. The monoisotopic (exact) mass is 293 g/mol. The number of ether oxygens (including phenoxy) is 2. The van der Waals surface area contributed by atoms with Gasteiger partial charge in [0.25, 0.3) is 0 Å². The van der Waals surface area contributed by atoms with Crippen molar-refractivity contribution in [1.82, 2.24) is 0 Å². The zero-order valence-electron chi connectivity index (χ0n) is 11.1. The number of hydrogen-bond donors (Lipinski definition) is 2. The summed E-state index contributed by atoms with van der Waals surface area (Å²) in [5, 5.41) is 8.95. The Bertz CT molecular complexity index is 423. The number of benzene rings is 1. The van der Waals surface area contributed by atoms with E-state index in [1.807, 2.05) is 0 Å². The van der Waals surface area contributed by atoms with E-state index >= 15 is 0 Å². The van der Waals surface area contributed by atoms with Gasteiger partial charge in [-0.05, 0) is 24.6 Å². The zero-order valence-corrected chi connectivity index (χ0v) is 11.9. The fourth-order valence-electron chi connectivity index (χ4n) is 1.49. The molecule has 1 aromatic rings. The van der Waals surface area contributed by atoms with Crippen molar-refractivity contribution in [2.75, 3.05) is 14.2 Å². The number of nitrogens with two attached hydrogens (primary N) is 1. The number of aliphatic carboxylic acids is 1. The van der Waals surface area contributed by atoms with Crippen molar-refractivity contribution in [2.24, 2.45) is 5.73 Å². The molecule has 0 saturated heterocycles. The molecule has 5 N–H and O–H groups in total. The van der Waals surface area contributed by atoms with E-state index in [9.17, 15) is 4.79 Å². The van der Waals surface area contributed by atoms with Crippen LogP contribution in [-0.4, -0.2) is 36.3 Å². The minimum absolute atomic E-state index is 0. The van der Waals surface area contributed by atoms with Crippen LogP contribution < -0.4 is 15.2 Å². The van der Waals surface area contributed by atoms with Gasteiger partial charge in [0, 0.05) is 6.42 Å². The Morgan fingerprint density at radius 2 is 1.84 bits per heavy atom. The molecule has 0 saturated carbocycles. The summed E-state index contributed by atoms with van der Waals surface area (Å²) in [6.07, 6.45) is 0.225. The Labute approximate surface area is 118 Å². The molecule has 0 aliphatic carbocycles. The molecule has 0 amide bonds. The lowest BCUT2D eigenvalue weighted by Crippen LogP contribution is -2.46. The summed E-state index contributed by atoms with van der Waals surface area (Å²) in [7, 11) is 3.07. The Balaban J connectivity index is 0. The van der Waals surface area contributed by atoms with Crippen molar-refractivity contribution in [3.63, 3.8) is 0 Å². The number of methoxy groups -OCH3 is 2. The molecule has 0 spiro atoms. The number of carbonyl (C=O) groups is 1. The lowest BCUT2D eigenvalue weighted by Gasteiger charge is -2.19. The van der Waals surface area contributed by atoms with Gasteiger partial charge in [-0.1, -0.05) is 6.07 Å². The van der Waals surface area contributed by atoms with E-state index in [4.69, 9.17) is 20.3 Å². The Hall–Kier alpha value is -1.50. The largest absolute Gasteiger partial charge is 0.493 e. The van der Waals surface area contributed by atoms with Gasteiger partial charge in [0.1, 0.15) is 5.54 Å². The summed E-state index contributed by atoms with van der Waals surface area (Å²) in [5.74, 6) is 0.128. The van der Waals surface area contributed by atoms with Gasteiger partial charge in [-0.25, -0.2) is 0 Å². The molecule has 0 radical (unpaired) electrons. The molecule has 110 valence electrons. The van der Waals surface area contributed by atoms with Gasteiger partial charge in [-0.2, -0.15) is 0 Å². The average molecular weight is 294 g/mol. The van der Waals surface area contributed by atoms with Crippen molar-refractivity contribution in [1.29, 1.82) is 0 Å². The second-order valence-corrected chi connectivity index (χ2v) is 4.09. The van der Waals surface area contributed by atoms with Crippen molar-refractivity contribution in [3.05, 3.63) is 23.8 Å². The second-order valence-electron chi connectivity index (χ2n) is 4.09. The summed E-state index contributed by atoms with van der Waals surface area (Å²) in [5.41, 5.74) is 5.18. The average Bonchev–Trinajstić information content (AvgIpc) is 2.28. The molecule has 1 rings (SSSR count). The van der Waals surface area contributed by atoms with E-state index in [0.717, 1.165) is 5.56 Å². The van der Waals surface area contributed by atoms with E-state index in [1.165, 1.54) is 14.0 Å². The van der Waals surface area contributed by atoms with Crippen LogP contribution in [0.15, 0.2) is 18.2 Å². The first-order valence-corrected chi connectivity index (χ1v) is 5.14. The maximum absolute atomic E-state index is 10.9. The summed E-state index contributed by atoms with van der Waals surface area (Å²) in [4.78, 5) is 10.9. The topological polar surface area (TPSA) is 113 Å². The molecule has 0 heterocycles. The number of hydrogen-bond acceptors (Lipinski definition) is 4. The first-order valence-electron chi connectivity index (χ1n) is 5.14. The maximum Gasteiger partial charge on any atom is 0.323 e. The van der Waals surface area contributed by atoms with E-state index < -0.39 is 11.5 Å². The van der Waals surface area contributed by atoms with Gasteiger partial charge in [-0.3, -0.25) is 4.79 Å². The number of rotatable bonds is 5. The smallest absolute Gasteiger partial charge is 0.323 e. The number of halogens is 1. The van der Waals surface area contributed by atoms with Crippen molar-refractivity contribution in [2.45, 2.75) is 18.9 Å². The van der Waals surface area contributed by atoms with Crippen molar-refractivity contribution >= 4 is 18.4 Å². The van der Waals surface area contributed by atoms with Crippen LogP contribution in [0.2, 0.25) is 0 Å². The summed E-state index contributed by atoms with van der Waals surface area (Å²) in [6.45, 7) is 1.48.